The van der Waals surface area contributed by atoms with Crippen molar-refractivity contribution in [3.05, 3.63) is 18.5 Å². The smallest absolute Gasteiger partial charge is 0.236 e. The summed E-state index contributed by atoms with van der Waals surface area (Å²) in [6.07, 6.45) is 5.25. The second-order valence-corrected chi connectivity index (χ2v) is 5.85. The third-order valence-corrected chi connectivity index (χ3v) is 4.04. The molecule has 2 heterocycles. The fourth-order valence-electron chi connectivity index (χ4n) is 2.63. The third kappa shape index (κ3) is 5.16. The fraction of sp³-hybridized carbons (Fsp3) is 0.625. The van der Waals surface area contributed by atoms with Crippen LogP contribution in [0.25, 0.3) is 0 Å². The molecule has 0 radical (unpaired) electrons. The Morgan fingerprint density at radius 1 is 1.25 bits per heavy atom. The fourth-order valence-corrected chi connectivity index (χ4v) is 2.63. The van der Waals surface area contributed by atoms with Gasteiger partial charge in [0, 0.05) is 51.5 Å². The van der Waals surface area contributed by atoms with E-state index in [1.807, 2.05) is 11.8 Å². The first-order chi connectivity index (χ1) is 11.6. The standard InChI is InChI=1S/C16H26N6O2/c1-2-4-13(17)15(24)18-8-5-14(23)21-9-11-22(12-10-21)16-19-6-3-7-20-16/h3,6-7,13H,2,4-5,8-12,17H2,1H3,(H,18,24). The molecule has 1 fully saturated rings. The van der Waals surface area contributed by atoms with Gasteiger partial charge in [0.2, 0.25) is 17.8 Å². The van der Waals surface area contributed by atoms with Gasteiger partial charge in [0.05, 0.1) is 6.04 Å². The first kappa shape index (κ1) is 18.1. The van der Waals surface area contributed by atoms with E-state index in [0.717, 1.165) is 6.42 Å². The van der Waals surface area contributed by atoms with Crippen molar-refractivity contribution in [2.24, 2.45) is 5.73 Å². The molecule has 0 spiro atoms. The van der Waals surface area contributed by atoms with E-state index in [1.54, 1.807) is 18.5 Å². The lowest BCUT2D eigenvalue weighted by atomic mass is 10.1. The summed E-state index contributed by atoms with van der Waals surface area (Å²) in [5.41, 5.74) is 5.73. The number of hydrogen-bond acceptors (Lipinski definition) is 6. The molecule has 132 valence electrons. The Hall–Kier alpha value is -2.22. The molecule has 0 aromatic carbocycles. The molecule has 1 unspecified atom stereocenters. The summed E-state index contributed by atoms with van der Waals surface area (Å²) < 4.78 is 0. The van der Waals surface area contributed by atoms with E-state index in [9.17, 15) is 9.59 Å². The molecule has 0 bridgehead atoms. The molecule has 8 nitrogen and oxygen atoms in total. The molecule has 8 heteroatoms. The highest BCUT2D eigenvalue weighted by molar-refractivity contribution is 5.82. The Morgan fingerprint density at radius 3 is 2.54 bits per heavy atom. The van der Waals surface area contributed by atoms with Gasteiger partial charge in [-0.1, -0.05) is 13.3 Å². The van der Waals surface area contributed by atoms with Crippen LogP contribution in [0.4, 0.5) is 5.95 Å². The maximum atomic E-state index is 12.2. The highest BCUT2D eigenvalue weighted by Gasteiger charge is 2.22. The van der Waals surface area contributed by atoms with Crippen molar-refractivity contribution in [2.45, 2.75) is 32.2 Å². The largest absolute Gasteiger partial charge is 0.354 e. The Bertz CT molecular complexity index is 531. The topological polar surface area (TPSA) is 104 Å². The van der Waals surface area contributed by atoms with E-state index in [1.165, 1.54) is 0 Å². The molecule has 1 saturated heterocycles. The Kier molecular flexibility index (Phi) is 6.92. The Balaban J connectivity index is 1.68. The van der Waals surface area contributed by atoms with E-state index >= 15 is 0 Å². The van der Waals surface area contributed by atoms with Gasteiger partial charge in [-0.25, -0.2) is 9.97 Å². The number of carbonyl (C=O) groups is 2. The molecular weight excluding hydrogens is 308 g/mol. The summed E-state index contributed by atoms with van der Waals surface area (Å²) in [6.45, 7) is 5.02. The van der Waals surface area contributed by atoms with Gasteiger partial charge in [-0.15, -0.1) is 0 Å². The monoisotopic (exact) mass is 334 g/mol. The van der Waals surface area contributed by atoms with E-state index in [-0.39, 0.29) is 11.8 Å². The normalized spacial score (nSPS) is 15.9. The van der Waals surface area contributed by atoms with Crippen LogP contribution in [-0.4, -0.2) is 65.4 Å². The van der Waals surface area contributed by atoms with Gasteiger partial charge in [0.25, 0.3) is 0 Å². The molecule has 0 saturated carbocycles. The number of carbonyl (C=O) groups excluding carboxylic acids is 2. The number of nitrogens with one attached hydrogen (secondary N) is 1. The molecule has 1 aliphatic heterocycles. The van der Waals surface area contributed by atoms with Crippen LogP contribution in [-0.2, 0) is 9.59 Å². The van der Waals surface area contributed by atoms with Crippen LogP contribution >= 0.6 is 0 Å². The van der Waals surface area contributed by atoms with Crippen molar-refractivity contribution in [3.63, 3.8) is 0 Å². The zero-order chi connectivity index (χ0) is 17.4. The summed E-state index contributed by atoms with van der Waals surface area (Å²) in [7, 11) is 0. The average Bonchev–Trinajstić information content (AvgIpc) is 2.62. The number of piperazine rings is 1. The lowest BCUT2D eigenvalue weighted by Gasteiger charge is -2.34. The zero-order valence-corrected chi connectivity index (χ0v) is 14.1. The van der Waals surface area contributed by atoms with E-state index < -0.39 is 6.04 Å². The molecule has 1 aliphatic rings. The van der Waals surface area contributed by atoms with Crippen LogP contribution in [0.15, 0.2) is 18.5 Å². The maximum absolute atomic E-state index is 12.2. The number of nitrogens with two attached hydrogens (primary N) is 1. The average molecular weight is 334 g/mol. The number of anilines is 1. The molecular formula is C16H26N6O2. The molecule has 24 heavy (non-hydrogen) atoms. The first-order valence-electron chi connectivity index (χ1n) is 8.45. The van der Waals surface area contributed by atoms with Crippen LogP contribution in [0.3, 0.4) is 0 Å². The highest BCUT2D eigenvalue weighted by Crippen LogP contribution is 2.10. The summed E-state index contributed by atoms with van der Waals surface area (Å²) in [5, 5.41) is 2.73. The third-order valence-electron chi connectivity index (χ3n) is 4.04. The predicted octanol–water partition coefficient (Wildman–Crippen LogP) is -0.241. The first-order valence-corrected chi connectivity index (χ1v) is 8.45. The van der Waals surface area contributed by atoms with Crippen molar-refractivity contribution in [2.75, 3.05) is 37.6 Å². The second kappa shape index (κ2) is 9.17. The molecule has 3 N–H and O–H groups in total. The molecule has 2 amide bonds. The minimum Gasteiger partial charge on any atom is -0.354 e. The van der Waals surface area contributed by atoms with Gasteiger partial charge in [0.1, 0.15) is 0 Å². The molecule has 2 rings (SSSR count). The Labute approximate surface area is 142 Å². The summed E-state index contributed by atoms with van der Waals surface area (Å²) >= 11 is 0. The van der Waals surface area contributed by atoms with Crippen LogP contribution in [0.5, 0.6) is 0 Å². The summed E-state index contributed by atoms with van der Waals surface area (Å²) in [6, 6.07) is 1.30. The lowest BCUT2D eigenvalue weighted by Crippen LogP contribution is -2.50. The number of hydrogen-bond donors (Lipinski definition) is 2. The summed E-state index contributed by atoms with van der Waals surface area (Å²) in [4.78, 5) is 36.3. The molecule has 0 aliphatic carbocycles. The van der Waals surface area contributed by atoms with Crippen LogP contribution < -0.4 is 16.0 Å². The van der Waals surface area contributed by atoms with Crippen LogP contribution in [0.1, 0.15) is 26.2 Å². The predicted molar refractivity (Wildman–Crippen MR) is 91.3 cm³/mol. The van der Waals surface area contributed by atoms with Gasteiger partial charge in [-0.2, -0.15) is 0 Å². The number of rotatable bonds is 7. The van der Waals surface area contributed by atoms with E-state index in [0.29, 0.717) is 51.5 Å². The van der Waals surface area contributed by atoms with Gasteiger partial charge in [0.15, 0.2) is 0 Å². The highest BCUT2D eigenvalue weighted by atomic mass is 16.2. The number of amides is 2. The van der Waals surface area contributed by atoms with Gasteiger partial charge in [-0.3, -0.25) is 9.59 Å². The number of aromatic nitrogens is 2. The van der Waals surface area contributed by atoms with Crippen molar-refractivity contribution in [1.82, 2.24) is 20.2 Å². The molecule has 1 aromatic rings. The van der Waals surface area contributed by atoms with Gasteiger partial charge >= 0.3 is 0 Å². The van der Waals surface area contributed by atoms with Crippen LogP contribution in [0.2, 0.25) is 0 Å². The van der Waals surface area contributed by atoms with E-state index in [4.69, 9.17) is 5.73 Å². The minimum absolute atomic E-state index is 0.0491. The molecule has 1 atom stereocenters. The lowest BCUT2D eigenvalue weighted by molar-refractivity contribution is -0.131. The van der Waals surface area contributed by atoms with Crippen molar-refractivity contribution < 1.29 is 9.59 Å². The van der Waals surface area contributed by atoms with Crippen molar-refractivity contribution >= 4 is 17.8 Å². The number of nitrogens with zero attached hydrogens (tertiary/aromatic N) is 4. The quantitative estimate of drug-likeness (QED) is 0.713. The summed E-state index contributed by atoms with van der Waals surface area (Å²) in [5.74, 6) is 0.561. The Morgan fingerprint density at radius 2 is 1.92 bits per heavy atom. The zero-order valence-electron chi connectivity index (χ0n) is 14.1. The van der Waals surface area contributed by atoms with Gasteiger partial charge in [-0.05, 0) is 12.5 Å². The minimum atomic E-state index is -0.487. The van der Waals surface area contributed by atoms with Crippen molar-refractivity contribution in [1.29, 1.82) is 0 Å². The van der Waals surface area contributed by atoms with Crippen LogP contribution in [0, 0.1) is 0 Å². The van der Waals surface area contributed by atoms with E-state index in [2.05, 4.69) is 20.2 Å². The second-order valence-electron chi connectivity index (χ2n) is 5.85. The van der Waals surface area contributed by atoms with Gasteiger partial charge < -0.3 is 20.9 Å². The SMILES string of the molecule is CCCC(N)C(=O)NCCC(=O)N1CCN(c2ncccn2)CC1. The maximum Gasteiger partial charge on any atom is 0.236 e. The van der Waals surface area contributed by atoms with Crippen molar-refractivity contribution in [3.8, 4) is 0 Å². The molecule has 1 aromatic heterocycles.